The number of benzene rings is 1. The van der Waals surface area contributed by atoms with Gasteiger partial charge in [0.05, 0.1) is 22.3 Å². The van der Waals surface area contributed by atoms with Gasteiger partial charge in [-0.1, -0.05) is 26.0 Å². The standard InChI is InChI=1S/C19H20F3N3O/c1-11(2)9-15-17-12(3)25(10-13(17)18(26)24(4)23-15)16-8-6-5-7-14(16)19(20,21)22/h5-8,10-11H,9H2,1-4H3. The van der Waals surface area contributed by atoms with Crippen LogP contribution in [0.1, 0.15) is 30.8 Å². The van der Waals surface area contributed by atoms with Crippen LogP contribution in [-0.2, 0) is 19.6 Å². The summed E-state index contributed by atoms with van der Waals surface area (Å²) in [5.74, 6) is 0.299. The molecule has 0 atom stereocenters. The van der Waals surface area contributed by atoms with Gasteiger partial charge in [-0.3, -0.25) is 4.79 Å². The number of alkyl halides is 3. The SMILES string of the molecule is Cc1c2c(CC(C)C)nn(C)c(=O)c2cn1-c1ccccc1C(F)(F)F. The van der Waals surface area contributed by atoms with Gasteiger partial charge in [0.15, 0.2) is 0 Å². The zero-order valence-corrected chi connectivity index (χ0v) is 15.1. The van der Waals surface area contributed by atoms with Crippen LogP contribution >= 0.6 is 0 Å². The van der Waals surface area contributed by atoms with E-state index in [0.29, 0.717) is 28.8 Å². The third-order valence-electron chi connectivity index (χ3n) is 4.40. The number of aryl methyl sites for hydroxylation is 2. The predicted molar refractivity (Wildman–Crippen MR) is 94.6 cm³/mol. The lowest BCUT2D eigenvalue weighted by Crippen LogP contribution is -2.21. The largest absolute Gasteiger partial charge is 0.418 e. The fourth-order valence-electron chi connectivity index (χ4n) is 3.29. The van der Waals surface area contributed by atoms with E-state index in [0.717, 1.165) is 11.8 Å². The van der Waals surface area contributed by atoms with Gasteiger partial charge >= 0.3 is 6.18 Å². The third kappa shape index (κ3) is 3.02. The van der Waals surface area contributed by atoms with Crippen molar-refractivity contribution in [1.29, 1.82) is 0 Å². The van der Waals surface area contributed by atoms with Crippen molar-refractivity contribution in [2.75, 3.05) is 0 Å². The molecule has 0 unspecified atom stereocenters. The van der Waals surface area contributed by atoms with Crippen LogP contribution in [0, 0.1) is 12.8 Å². The zero-order valence-electron chi connectivity index (χ0n) is 15.1. The molecule has 2 heterocycles. The Hall–Kier alpha value is -2.57. The third-order valence-corrected chi connectivity index (χ3v) is 4.40. The second-order valence-electron chi connectivity index (χ2n) is 6.86. The summed E-state index contributed by atoms with van der Waals surface area (Å²) in [5.41, 5.74) is 0.249. The second kappa shape index (κ2) is 6.30. The van der Waals surface area contributed by atoms with Gasteiger partial charge in [-0.25, -0.2) is 4.68 Å². The molecule has 3 rings (SSSR count). The molecule has 0 aliphatic heterocycles. The maximum atomic E-state index is 13.4. The Morgan fingerprint density at radius 1 is 1.19 bits per heavy atom. The van der Waals surface area contributed by atoms with Gasteiger partial charge in [0.25, 0.3) is 5.56 Å². The van der Waals surface area contributed by atoms with Crippen LogP contribution in [0.25, 0.3) is 16.5 Å². The van der Waals surface area contributed by atoms with E-state index in [2.05, 4.69) is 5.10 Å². The van der Waals surface area contributed by atoms with Crippen molar-refractivity contribution in [3.8, 4) is 5.69 Å². The van der Waals surface area contributed by atoms with E-state index >= 15 is 0 Å². The van der Waals surface area contributed by atoms with Crippen LogP contribution < -0.4 is 5.56 Å². The Morgan fingerprint density at radius 3 is 2.46 bits per heavy atom. The first-order valence-corrected chi connectivity index (χ1v) is 8.35. The molecule has 3 aromatic rings. The topological polar surface area (TPSA) is 39.8 Å². The molecule has 0 spiro atoms. The average molecular weight is 363 g/mol. The first-order valence-electron chi connectivity index (χ1n) is 8.35. The Kier molecular flexibility index (Phi) is 4.42. The summed E-state index contributed by atoms with van der Waals surface area (Å²) in [7, 11) is 1.56. The Labute approximate surface area is 148 Å². The molecule has 7 heteroatoms. The Balaban J connectivity index is 2.36. The number of para-hydroxylation sites is 1. The van der Waals surface area contributed by atoms with E-state index in [1.165, 1.54) is 27.6 Å². The van der Waals surface area contributed by atoms with Crippen molar-refractivity contribution in [3.63, 3.8) is 0 Å². The quantitative estimate of drug-likeness (QED) is 0.698. The number of rotatable bonds is 3. The second-order valence-corrected chi connectivity index (χ2v) is 6.86. The Bertz CT molecular complexity index is 1030. The van der Waals surface area contributed by atoms with Crippen LogP contribution in [-0.4, -0.2) is 14.3 Å². The van der Waals surface area contributed by atoms with Crippen LogP contribution in [0.15, 0.2) is 35.3 Å². The molecule has 0 fully saturated rings. The monoisotopic (exact) mass is 363 g/mol. The van der Waals surface area contributed by atoms with Gasteiger partial charge in [-0.2, -0.15) is 18.3 Å². The molecule has 0 saturated heterocycles. The summed E-state index contributed by atoms with van der Waals surface area (Å²) < 4.78 is 43.0. The summed E-state index contributed by atoms with van der Waals surface area (Å²) in [6.45, 7) is 5.79. The number of fused-ring (bicyclic) bond motifs is 1. The summed E-state index contributed by atoms with van der Waals surface area (Å²) >= 11 is 0. The van der Waals surface area contributed by atoms with Gasteiger partial charge < -0.3 is 4.57 Å². The fourth-order valence-corrected chi connectivity index (χ4v) is 3.29. The average Bonchev–Trinajstić information content (AvgIpc) is 2.89. The fraction of sp³-hybridized carbons (Fsp3) is 0.368. The molecule has 0 aliphatic rings. The molecule has 26 heavy (non-hydrogen) atoms. The lowest BCUT2D eigenvalue weighted by Gasteiger charge is -2.15. The highest BCUT2D eigenvalue weighted by Crippen LogP contribution is 2.35. The molecule has 0 radical (unpaired) electrons. The van der Waals surface area contributed by atoms with Gasteiger partial charge in [0, 0.05) is 24.3 Å². The lowest BCUT2D eigenvalue weighted by molar-refractivity contribution is -0.137. The van der Waals surface area contributed by atoms with E-state index in [4.69, 9.17) is 0 Å². The zero-order chi connectivity index (χ0) is 19.2. The highest BCUT2D eigenvalue weighted by molar-refractivity contribution is 5.87. The van der Waals surface area contributed by atoms with Crippen molar-refractivity contribution < 1.29 is 13.2 Å². The molecule has 0 N–H and O–H groups in total. The molecule has 1 aromatic carbocycles. The Morgan fingerprint density at radius 2 is 1.85 bits per heavy atom. The van der Waals surface area contributed by atoms with Crippen molar-refractivity contribution in [2.24, 2.45) is 13.0 Å². The minimum absolute atomic E-state index is 0.00579. The van der Waals surface area contributed by atoms with Gasteiger partial charge in [-0.05, 0) is 31.4 Å². The number of hydrogen-bond acceptors (Lipinski definition) is 2. The van der Waals surface area contributed by atoms with Crippen molar-refractivity contribution in [2.45, 2.75) is 33.4 Å². The summed E-state index contributed by atoms with van der Waals surface area (Å²) in [6, 6.07) is 5.37. The van der Waals surface area contributed by atoms with E-state index < -0.39 is 11.7 Å². The lowest BCUT2D eigenvalue weighted by atomic mass is 10.0. The van der Waals surface area contributed by atoms with Crippen LogP contribution in [0.2, 0.25) is 0 Å². The van der Waals surface area contributed by atoms with Crippen LogP contribution in [0.5, 0.6) is 0 Å². The molecule has 4 nitrogen and oxygen atoms in total. The summed E-state index contributed by atoms with van der Waals surface area (Å²) in [4.78, 5) is 12.5. The minimum atomic E-state index is -4.48. The maximum Gasteiger partial charge on any atom is 0.418 e. The van der Waals surface area contributed by atoms with Crippen LogP contribution in [0.3, 0.4) is 0 Å². The molecule has 0 amide bonds. The molecule has 0 bridgehead atoms. The van der Waals surface area contributed by atoms with E-state index in [1.807, 2.05) is 13.8 Å². The summed E-state index contributed by atoms with van der Waals surface area (Å²) in [6.07, 6.45) is -2.36. The molecule has 0 aliphatic carbocycles. The molecule has 0 saturated carbocycles. The predicted octanol–water partition coefficient (Wildman–Crippen LogP) is 4.25. The van der Waals surface area contributed by atoms with E-state index in [-0.39, 0.29) is 11.2 Å². The number of aromatic nitrogens is 3. The van der Waals surface area contributed by atoms with Crippen LogP contribution in [0.4, 0.5) is 13.2 Å². The van der Waals surface area contributed by atoms with E-state index in [1.54, 1.807) is 20.0 Å². The van der Waals surface area contributed by atoms with Gasteiger partial charge in [-0.15, -0.1) is 0 Å². The minimum Gasteiger partial charge on any atom is -0.319 e. The highest BCUT2D eigenvalue weighted by atomic mass is 19.4. The summed E-state index contributed by atoms with van der Waals surface area (Å²) in [5, 5.41) is 5.37. The number of halogens is 3. The van der Waals surface area contributed by atoms with Gasteiger partial charge in [0.2, 0.25) is 0 Å². The first kappa shape index (κ1) is 18.2. The number of hydrogen-bond donors (Lipinski definition) is 0. The highest BCUT2D eigenvalue weighted by Gasteiger charge is 2.34. The molecule has 138 valence electrons. The maximum absolute atomic E-state index is 13.4. The normalized spacial score (nSPS) is 12.3. The molecular formula is C19H20F3N3O. The number of nitrogens with zero attached hydrogens (tertiary/aromatic N) is 3. The van der Waals surface area contributed by atoms with Crippen molar-refractivity contribution in [3.05, 3.63) is 57.8 Å². The van der Waals surface area contributed by atoms with E-state index in [9.17, 15) is 18.0 Å². The van der Waals surface area contributed by atoms with Crippen molar-refractivity contribution >= 4 is 10.8 Å². The molecular weight excluding hydrogens is 343 g/mol. The first-order chi connectivity index (χ1) is 12.1. The smallest absolute Gasteiger partial charge is 0.319 e. The van der Waals surface area contributed by atoms with Crippen molar-refractivity contribution in [1.82, 2.24) is 14.3 Å². The van der Waals surface area contributed by atoms with Gasteiger partial charge in [0.1, 0.15) is 0 Å². The molecule has 2 aromatic heterocycles.